The van der Waals surface area contributed by atoms with E-state index >= 15 is 0 Å². The number of Topliss-reactive ketones (excluding diaryl/α,β-unsaturated/α-hetero) is 1. The zero-order valence-corrected chi connectivity index (χ0v) is 23.8. The number of aryl methyl sites for hydroxylation is 1. The van der Waals surface area contributed by atoms with Crippen molar-refractivity contribution in [3.8, 4) is 11.5 Å². The fourth-order valence-electron chi connectivity index (χ4n) is 4.93. The molecule has 1 aliphatic rings. The number of ether oxygens (including phenoxy) is 1. The lowest BCUT2D eigenvalue weighted by Gasteiger charge is -2.27. The van der Waals surface area contributed by atoms with Gasteiger partial charge in [0.25, 0.3) is 15.9 Å². The van der Waals surface area contributed by atoms with Gasteiger partial charge in [-0.1, -0.05) is 35.9 Å². The van der Waals surface area contributed by atoms with Crippen LogP contribution in [0.4, 0.5) is 14.5 Å². The Morgan fingerprint density at radius 3 is 2.26 bits per heavy atom. The average Bonchev–Trinajstić information content (AvgIpc) is 3.54. The molecule has 0 fully saturated rings. The number of aromatic nitrogens is 1. The van der Waals surface area contributed by atoms with Crippen molar-refractivity contribution in [3.63, 3.8) is 0 Å². The Morgan fingerprint density at radius 2 is 1.56 bits per heavy atom. The Balaban J connectivity index is 1.31. The van der Waals surface area contributed by atoms with E-state index in [-0.39, 0.29) is 32.3 Å². The van der Waals surface area contributed by atoms with Crippen LogP contribution in [0.5, 0.6) is 11.5 Å². The number of para-hydroxylation sites is 1. The van der Waals surface area contributed by atoms with Crippen LogP contribution in [0.2, 0.25) is 0 Å². The molecule has 0 aliphatic carbocycles. The number of hydrogen-bond donors (Lipinski definition) is 2. The van der Waals surface area contributed by atoms with E-state index in [9.17, 15) is 22.0 Å². The number of likely N-dealkylation sites (N-methyl/N-ethyl adjacent to an activating group) is 1. The number of quaternary nitrogens is 1. The van der Waals surface area contributed by atoms with Crippen LogP contribution in [-0.4, -0.2) is 31.1 Å². The maximum atomic E-state index is 14.0. The fourth-order valence-corrected chi connectivity index (χ4v) is 6.44. The Labute approximate surface area is 246 Å². The van der Waals surface area contributed by atoms with Crippen LogP contribution in [0.15, 0.2) is 114 Å². The first-order valence-corrected chi connectivity index (χ1v) is 14.6. The molecule has 43 heavy (non-hydrogen) atoms. The van der Waals surface area contributed by atoms with Gasteiger partial charge in [0.2, 0.25) is 5.78 Å². The zero-order valence-electron chi connectivity index (χ0n) is 23.0. The molecule has 0 saturated carbocycles. The molecular weight excluding hydrogens is 574 g/mol. The highest BCUT2D eigenvalue weighted by Gasteiger charge is 2.43. The van der Waals surface area contributed by atoms with Gasteiger partial charge < -0.3 is 4.74 Å². The first-order chi connectivity index (χ1) is 20.5. The van der Waals surface area contributed by atoms with Gasteiger partial charge in [-0.3, -0.25) is 4.79 Å². The predicted molar refractivity (Wildman–Crippen MR) is 160 cm³/mol. The largest absolute Gasteiger partial charge is 0.457 e. The number of carbonyl (C=O) groups is 1. The van der Waals surface area contributed by atoms with Gasteiger partial charge in [0.1, 0.15) is 29.8 Å². The first-order valence-electron chi connectivity index (χ1n) is 13.1. The van der Waals surface area contributed by atoms with E-state index in [0.717, 1.165) is 21.7 Å². The monoisotopic (exact) mass is 599 g/mol. The molecular formula is C32H25F2N4O4S+. The Kier molecular flexibility index (Phi) is 6.71. The maximum Gasteiger partial charge on any atom is 0.268 e. The van der Waals surface area contributed by atoms with Crippen molar-refractivity contribution < 1.29 is 26.7 Å². The van der Waals surface area contributed by atoms with E-state index in [2.05, 4.69) is 5.43 Å². The van der Waals surface area contributed by atoms with Crippen LogP contribution in [0.3, 0.4) is 0 Å². The van der Waals surface area contributed by atoms with Gasteiger partial charge in [-0.25, -0.2) is 32.0 Å². The number of rotatable bonds is 7. The molecule has 5 aromatic rings. The van der Waals surface area contributed by atoms with Crippen LogP contribution in [-0.2, 0) is 10.0 Å². The van der Waals surface area contributed by atoms with Crippen LogP contribution in [0, 0.1) is 24.0 Å². The van der Waals surface area contributed by atoms with Gasteiger partial charge in [0, 0.05) is 23.6 Å². The Bertz CT molecular complexity index is 2070. The molecule has 1 aliphatic heterocycles. The van der Waals surface area contributed by atoms with E-state index in [4.69, 9.17) is 10.1 Å². The minimum atomic E-state index is -4.16. The average molecular weight is 600 g/mol. The number of benzene rings is 4. The Hall–Kier alpha value is -5.13. The normalized spacial score (nSPS) is 16.7. The van der Waals surface area contributed by atoms with E-state index in [1.807, 2.05) is 6.92 Å². The SMILES string of the molecule is Cc1ccc(S(=O)(=O)n2c(C(=O)C3=CN[N+](C)(c4ccc(Oc5ccc(F)c(F)c5)cc4)C3=N)cc3ccccc32)cc1. The summed E-state index contributed by atoms with van der Waals surface area (Å²) in [4.78, 5) is 14.0. The quantitative estimate of drug-likeness (QED) is 0.165. The third-order valence-corrected chi connectivity index (χ3v) is 9.09. The standard InChI is InChI=1S/C32H24F2N4O4S/c1-20-7-14-25(15-8-20)43(40,41)37-29-6-4-3-5-21(29)17-30(37)31(39)26-19-36-38(2,32(26)35)22-9-11-23(12-10-22)42-24-13-16-27(33)28(34)18-24/h3-19H,1-2H3,(H-,35,36,39)/p+1. The summed E-state index contributed by atoms with van der Waals surface area (Å²) in [6, 6.07) is 24.4. The summed E-state index contributed by atoms with van der Waals surface area (Å²) >= 11 is 0. The number of hydrogen-bond acceptors (Lipinski definition) is 6. The number of halogens is 2. The molecule has 1 atom stereocenters. The maximum absolute atomic E-state index is 14.0. The minimum Gasteiger partial charge on any atom is -0.457 e. The Morgan fingerprint density at radius 1 is 0.884 bits per heavy atom. The molecule has 0 spiro atoms. The molecule has 2 N–H and O–H groups in total. The van der Waals surface area contributed by atoms with Gasteiger partial charge in [0.05, 0.1) is 16.6 Å². The van der Waals surface area contributed by atoms with E-state index in [1.165, 1.54) is 30.5 Å². The molecule has 0 bridgehead atoms. The molecule has 1 aromatic heterocycles. The van der Waals surface area contributed by atoms with Crippen LogP contribution < -0.4 is 14.8 Å². The van der Waals surface area contributed by atoms with Gasteiger partial charge in [-0.05, 0) is 55.5 Å². The van der Waals surface area contributed by atoms with Gasteiger partial charge >= 0.3 is 0 Å². The smallest absolute Gasteiger partial charge is 0.268 e. The lowest BCUT2D eigenvalue weighted by atomic mass is 10.1. The van der Waals surface area contributed by atoms with Crippen molar-refractivity contribution in [3.05, 3.63) is 132 Å². The van der Waals surface area contributed by atoms with Gasteiger partial charge in [-0.2, -0.15) is 0 Å². The highest BCUT2D eigenvalue weighted by atomic mass is 32.2. The van der Waals surface area contributed by atoms with Crippen LogP contribution in [0.25, 0.3) is 10.9 Å². The highest BCUT2D eigenvalue weighted by molar-refractivity contribution is 7.90. The van der Waals surface area contributed by atoms with Crippen molar-refractivity contribution in [1.82, 2.24) is 14.0 Å². The predicted octanol–water partition coefficient (Wildman–Crippen LogP) is 6.46. The van der Waals surface area contributed by atoms with Gasteiger partial charge in [0.15, 0.2) is 17.3 Å². The van der Waals surface area contributed by atoms with E-state index < -0.39 is 27.4 Å². The molecule has 0 amide bonds. The highest BCUT2D eigenvalue weighted by Crippen LogP contribution is 2.33. The molecule has 4 aromatic carbocycles. The molecule has 2 heterocycles. The molecule has 1 unspecified atom stereocenters. The molecule has 0 saturated heterocycles. The van der Waals surface area contributed by atoms with Crippen molar-refractivity contribution in [1.29, 1.82) is 5.41 Å². The fraction of sp³-hybridized carbons (Fsp3) is 0.0625. The second kappa shape index (κ2) is 10.3. The topological polar surface area (TPSA) is 101 Å². The molecule has 216 valence electrons. The summed E-state index contributed by atoms with van der Waals surface area (Å²) in [7, 11) is -2.49. The summed E-state index contributed by atoms with van der Waals surface area (Å²) in [5.41, 5.74) is 4.75. The van der Waals surface area contributed by atoms with Crippen molar-refractivity contribution in [2.45, 2.75) is 11.8 Å². The van der Waals surface area contributed by atoms with Crippen LogP contribution >= 0.6 is 0 Å². The third kappa shape index (κ3) is 4.78. The second-order valence-corrected chi connectivity index (χ2v) is 12.0. The summed E-state index contributed by atoms with van der Waals surface area (Å²) in [5, 5.41) is 9.52. The zero-order chi connectivity index (χ0) is 30.5. The molecule has 0 radical (unpaired) electrons. The van der Waals surface area contributed by atoms with Crippen molar-refractivity contribution in [2.24, 2.45) is 0 Å². The summed E-state index contributed by atoms with van der Waals surface area (Å²) in [6.45, 7) is 1.85. The van der Waals surface area contributed by atoms with Crippen LogP contribution in [0.1, 0.15) is 16.1 Å². The summed E-state index contributed by atoms with van der Waals surface area (Å²) < 4.78 is 60.9. The number of amidine groups is 1. The number of ketones is 1. The summed E-state index contributed by atoms with van der Waals surface area (Å²) in [5.74, 6) is -2.29. The van der Waals surface area contributed by atoms with Crippen molar-refractivity contribution in [2.75, 3.05) is 7.05 Å². The number of fused-ring (bicyclic) bond motifs is 1. The minimum absolute atomic E-state index is 0.00669. The lowest BCUT2D eigenvalue weighted by molar-refractivity contribution is 0.103. The number of nitrogens with zero attached hydrogens (tertiary/aromatic N) is 2. The lowest BCUT2D eigenvalue weighted by Crippen LogP contribution is -2.55. The van der Waals surface area contributed by atoms with E-state index in [0.29, 0.717) is 22.3 Å². The molecule has 11 heteroatoms. The first kappa shape index (κ1) is 28.0. The third-order valence-electron chi connectivity index (χ3n) is 7.35. The molecule has 6 rings (SSSR count). The number of nitrogens with one attached hydrogen (secondary N) is 2. The summed E-state index contributed by atoms with van der Waals surface area (Å²) in [6.07, 6.45) is 1.40. The molecule has 8 nitrogen and oxygen atoms in total. The van der Waals surface area contributed by atoms with Crippen molar-refractivity contribution >= 4 is 38.2 Å². The van der Waals surface area contributed by atoms with Gasteiger partial charge in [-0.15, -0.1) is 4.59 Å². The number of carbonyl (C=O) groups excluding carboxylic acids is 1. The second-order valence-electron chi connectivity index (χ2n) is 10.2. The van der Waals surface area contributed by atoms with E-state index in [1.54, 1.807) is 67.7 Å².